The molecule has 2 atom stereocenters. The van der Waals surface area contributed by atoms with Crippen molar-refractivity contribution < 1.29 is 22.0 Å². The van der Waals surface area contributed by atoms with E-state index in [4.69, 9.17) is 0 Å². The number of carbonyl (C=O) groups is 1. The predicted octanol–water partition coefficient (Wildman–Crippen LogP) is 1.99. The second kappa shape index (κ2) is 6.40. The van der Waals surface area contributed by atoms with Gasteiger partial charge in [0.15, 0.2) is 0 Å². The van der Waals surface area contributed by atoms with Gasteiger partial charge in [0.2, 0.25) is 15.9 Å². The molecular weight excluding hydrogens is 338 g/mol. The molecule has 0 aliphatic carbocycles. The quantitative estimate of drug-likeness (QED) is 0.827. The van der Waals surface area contributed by atoms with E-state index in [1.165, 1.54) is 4.31 Å². The number of rotatable bonds is 4. The van der Waals surface area contributed by atoms with Crippen LogP contribution in [0, 0.1) is 17.6 Å². The first-order valence-electron chi connectivity index (χ1n) is 8.10. The molecule has 4 rings (SSSR count). The summed E-state index contributed by atoms with van der Waals surface area (Å²) >= 11 is 0. The summed E-state index contributed by atoms with van der Waals surface area (Å²) in [5.74, 6) is -2.35. The van der Waals surface area contributed by atoms with Crippen LogP contribution in [0.25, 0.3) is 0 Å². The number of hydrogen-bond acceptors (Lipinski definition) is 3. The van der Waals surface area contributed by atoms with Gasteiger partial charge >= 0.3 is 0 Å². The Morgan fingerprint density at radius 3 is 2.62 bits per heavy atom. The molecular formula is C16H20F2N2O3S. The zero-order chi connectivity index (χ0) is 17.5. The lowest BCUT2D eigenvalue weighted by atomic mass is 9.94. The van der Waals surface area contributed by atoms with E-state index in [9.17, 15) is 22.0 Å². The summed E-state index contributed by atoms with van der Waals surface area (Å²) in [6.45, 7) is 2.77. The predicted molar refractivity (Wildman–Crippen MR) is 83.6 cm³/mol. The fourth-order valence-electron chi connectivity index (χ4n) is 3.56. The van der Waals surface area contributed by atoms with E-state index in [0.29, 0.717) is 19.0 Å². The molecule has 0 saturated carbocycles. The number of halogens is 2. The highest BCUT2D eigenvalue weighted by Gasteiger charge is 2.44. The number of benzene rings is 1. The van der Waals surface area contributed by atoms with Gasteiger partial charge in [-0.3, -0.25) is 4.79 Å². The summed E-state index contributed by atoms with van der Waals surface area (Å²) in [7, 11) is -4.11. The number of sulfonamides is 1. The van der Waals surface area contributed by atoms with Crippen molar-refractivity contribution >= 4 is 15.9 Å². The zero-order valence-electron chi connectivity index (χ0n) is 13.4. The van der Waals surface area contributed by atoms with Gasteiger partial charge in [0, 0.05) is 31.7 Å². The molecule has 3 fully saturated rings. The molecule has 3 heterocycles. The molecule has 1 amide bonds. The van der Waals surface area contributed by atoms with Crippen LogP contribution in [-0.4, -0.2) is 49.2 Å². The molecule has 8 heteroatoms. The number of carbonyl (C=O) groups excluding carboxylic acids is 1. The minimum Gasteiger partial charge on any atom is -0.338 e. The summed E-state index contributed by atoms with van der Waals surface area (Å²) in [4.78, 5) is 13.7. The van der Waals surface area contributed by atoms with Gasteiger partial charge in [0.1, 0.15) is 16.5 Å². The van der Waals surface area contributed by atoms with Crippen molar-refractivity contribution in [1.29, 1.82) is 0 Å². The fraction of sp³-hybridized carbons (Fsp3) is 0.562. The van der Waals surface area contributed by atoms with Gasteiger partial charge in [-0.1, -0.05) is 6.92 Å². The van der Waals surface area contributed by atoms with E-state index in [1.54, 1.807) is 4.90 Å². The highest BCUT2D eigenvalue weighted by molar-refractivity contribution is 7.89. The van der Waals surface area contributed by atoms with Crippen LogP contribution in [0.15, 0.2) is 23.1 Å². The highest BCUT2D eigenvalue weighted by atomic mass is 32.2. The second-order valence-electron chi connectivity index (χ2n) is 6.36. The monoisotopic (exact) mass is 358 g/mol. The molecule has 24 heavy (non-hydrogen) atoms. The van der Waals surface area contributed by atoms with E-state index in [2.05, 4.69) is 0 Å². The lowest BCUT2D eigenvalue weighted by Crippen LogP contribution is -2.48. The number of nitrogens with zero attached hydrogens (tertiary/aromatic N) is 2. The average Bonchev–Trinajstić information content (AvgIpc) is 2.81. The van der Waals surface area contributed by atoms with E-state index in [0.717, 1.165) is 25.0 Å². The third-order valence-electron chi connectivity index (χ3n) is 4.74. The maximum Gasteiger partial charge on any atom is 0.246 e. The zero-order valence-corrected chi connectivity index (χ0v) is 14.2. The molecule has 1 aromatic rings. The molecule has 3 aliphatic rings. The summed E-state index contributed by atoms with van der Waals surface area (Å²) < 4.78 is 53.8. The van der Waals surface area contributed by atoms with Crippen molar-refractivity contribution in [2.24, 2.45) is 5.92 Å². The third kappa shape index (κ3) is 2.93. The minimum absolute atomic E-state index is 0.0228. The standard InChI is InChI=1S/C16H20F2N2O3S/c1-2-7-20-13-5-3-11(16(20)21)9-19(10-13)24(22,23)15-6-4-12(17)8-14(15)18/h4,6,8,11,13H,2-3,5,7,9-10H2,1H3/t11-,13+/m1/s1. The average molecular weight is 358 g/mol. The largest absolute Gasteiger partial charge is 0.338 e. The van der Waals surface area contributed by atoms with Crippen LogP contribution in [0.3, 0.4) is 0 Å². The number of amides is 1. The van der Waals surface area contributed by atoms with Gasteiger partial charge in [-0.15, -0.1) is 0 Å². The molecule has 2 bridgehead atoms. The Labute approximate surface area is 140 Å². The summed E-state index contributed by atoms with van der Waals surface area (Å²) in [6, 6.07) is 2.25. The van der Waals surface area contributed by atoms with Crippen molar-refractivity contribution in [3.05, 3.63) is 29.8 Å². The van der Waals surface area contributed by atoms with Crippen LogP contribution in [-0.2, 0) is 14.8 Å². The van der Waals surface area contributed by atoms with Gasteiger partial charge in [-0.2, -0.15) is 4.31 Å². The van der Waals surface area contributed by atoms with Gasteiger partial charge < -0.3 is 4.90 Å². The van der Waals surface area contributed by atoms with Crippen molar-refractivity contribution in [2.45, 2.75) is 37.1 Å². The smallest absolute Gasteiger partial charge is 0.246 e. The molecule has 0 spiro atoms. The van der Waals surface area contributed by atoms with Crippen LogP contribution in [0.1, 0.15) is 26.2 Å². The highest BCUT2D eigenvalue weighted by Crippen LogP contribution is 2.32. The number of hydrogen-bond donors (Lipinski definition) is 0. The molecule has 0 unspecified atom stereocenters. The molecule has 0 radical (unpaired) electrons. The first kappa shape index (κ1) is 17.3. The van der Waals surface area contributed by atoms with Gasteiger partial charge in [0.25, 0.3) is 0 Å². The number of piperidine rings is 1. The van der Waals surface area contributed by atoms with E-state index >= 15 is 0 Å². The maximum atomic E-state index is 14.0. The molecule has 1 aromatic carbocycles. The SMILES string of the molecule is CCCN1C(=O)[C@@H]2CC[C@H]1CN(S(=O)(=O)c1ccc(F)cc1F)C2. The lowest BCUT2D eigenvalue weighted by molar-refractivity contribution is -0.139. The van der Waals surface area contributed by atoms with E-state index < -0.39 is 32.5 Å². The first-order valence-corrected chi connectivity index (χ1v) is 9.54. The molecule has 132 valence electrons. The van der Waals surface area contributed by atoms with Crippen LogP contribution in [0.2, 0.25) is 0 Å². The molecule has 5 nitrogen and oxygen atoms in total. The fourth-order valence-corrected chi connectivity index (χ4v) is 5.12. The van der Waals surface area contributed by atoms with Crippen LogP contribution in [0.5, 0.6) is 0 Å². The van der Waals surface area contributed by atoms with E-state index in [-0.39, 0.29) is 25.0 Å². The van der Waals surface area contributed by atoms with Crippen LogP contribution >= 0.6 is 0 Å². The van der Waals surface area contributed by atoms with Crippen molar-refractivity contribution in [2.75, 3.05) is 19.6 Å². The molecule has 0 aromatic heterocycles. The second-order valence-corrected chi connectivity index (χ2v) is 8.26. The Kier molecular flexibility index (Phi) is 4.61. The molecule has 3 aliphatic heterocycles. The normalized spacial score (nSPS) is 25.1. The topological polar surface area (TPSA) is 57.7 Å². The minimum atomic E-state index is -4.11. The number of fused-ring (bicyclic) bond motifs is 4. The molecule has 3 saturated heterocycles. The Bertz CT molecular complexity index is 754. The Morgan fingerprint density at radius 2 is 1.96 bits per heavy atom. The van der Waals surface area contributed by atoms with Gasteiger partial charge in [0.05, 0.1) is 5.92 Å². The van der Waals surface area contributed by atoms with Gasteiger partial charge in [-0.25, -0.2) is 17.2 Å². The van der Waals surface area contributed by atoms with Crippen LogP contribution < -0.4 is 0 Å². The van der Waals surface area contributed by atoms with Crippen molar-refractivity contribution in [1.82, 2.24) is 9.21 Å². The molecule has 0 N–H and O–H groups in total. The first-order chi connectivity index (χ1) is 11.3. The third-order valence-corrected chi connectivity index (χ3v) is 6.60. The lowest BCUT2D eigenvalue weighted by Gasteiger charge is -2.35. The Hall–Kier alpha value is -1.54. The maximum absolute atomic E-state index is 14.0. The summed E-state index contributed by atoms with van der Waals surface area (Å²) in [5, 5.41) is 0. The Balaban J connectivity index is 1.94. The van der Waals surface area contributed by atoms with E-state index in [1.807, 2.05) is 6.92 Å². The van der Waals surface area contributed by atoms with Gasteiger partial charge in [-0.05, 0) is 31.4 Å². The summed E-state index contributed by atoms with van der Waals surface area (Å²) in [5.41, 5.74) is 0. The van der Waals surface area contributed by atoms with Crippen molar-refractivity contribution in [3.63, 3.8) is 0 Å². The summed E-state index contributed by atoms with van der Waals surface area (Å²) in [6.07, 6.45) is 2.18. The van der Waals surface area contributed by atoms with Crippen LogP contribution in [0.4, 0.5) is 8.78 Å². The van der Waals surface area contributed by atoms with Crippen molar-refractivity contribution in [3.8, 4) is 0 Å². The Morgan fingerprint density at radius 1 is 1.21 bits per heavy atom.